The van der Waals surface area contributed by atoms with Crippen molar-refractivity contribution in [1.29, 1.82) is 5.26 Å². The fourth-order valence-corrected chi connectivity index (χ4v) is 1.74. The van der Waals surface area contributed by atoms with Crippen LogP contribution in [0.1, 0.15) is 15.9 Å². The van der Waals surface area contributed by atoms with Gasteiger partial charge in [-0.05, 0) is 54.6 Å². The standard InChI is InChI=1S/C17H11F2NO2/c18-14-4-7-16(19)13(11-14)3-8-17(21)12-1-5-15(6-2-12)22-10-9-20/h1-8,11H,10H2/b8-3+. The van der Waals surface area contributed by atoms with Gasteiger partial charge < -0.3 is 4.74 Å². The van der Waals surface area contributed by atoms with Crippen LogP contribution in [-0.2, 0) is 0 Å². The largest absolute Gasteiger partial charge is 0.479 e. The van der Waals surface area contributed by atoms with E-state index < -0.39 is 11.6 Å². The van der Waals surface area contributed by atoms with Crippen LogP contribution in [0.3, 0.4) is 0 Å². The Bertz CT molecular complexity index is 746. The third-order valence-electron chi connectivity index (χ3n) is 2.81. The molecule has 2 aromatic rings. The molecular formula is C17H11F2NO2. The van der Waals surface area contributed by atoms with Crippen molar-refractivity contribution in [3.8, 4) is 11.8 Å². The van der Waals surface area contributed by atoms with Crippen molar-refractivity contribution in [2.75, 3.05) is 6.61 Å². The molecule has 0 unspecified atom stereocenters. The second kappa shape index (κ2) is 7.14. The zero-order chi connectivity index (χ0) is 15.9. The number of rotatable bonds is 5. The monoisotopic (exact) mass is 299 g/mol. The molecule has 0 fully saturated rings. The fraction of sp³-hybridized carbons (Fsp3) is 0.0588. The fourth-order valence-electron chi connectivity index (χ4n) is 1.74. The number of nitriles is 1. The molecule has 0 aliphatic rings. The van der Waals surface area contributed by atoms with Crippen LogP contribution < -0.4 is 4.74 Å². The Kier molecular flexibility index (Phi) is 4.99. The Morgan fingerprint density at radius 2 is 1.91 bits per heavy atom. The minimum absolute atomic E-state index is 0.00215. The van der Waals surface area contributed by atoms with E-state index in [0.717, 1.165) is 18.2 Å². The van der Waals surface area contributed by atoms with Crippen molar-refractivity contribution in [2.24, 2.45) is 0 Å². The SMILES string of the molecule is N#CCOc1ccc(C(=O)/C=C/c2cc(F)ccc2F)cc1. The molecular weight excluding hydrogens is 288 g/mol. The van der Waals surface area contributed by atoms with Crippen molar-refractivity contribution < 1.29 is 18.3 Å². The van der Waals surface area contributed by atoms with Gasteiger partial charge in [0.05, 0.1) is 0 Å². The summed E-state index contributed by atoms with van der Waals surface area (Å²) in [6, 6.07) is 11.0. The molecule has 0 aromatic heterocycles. The highest BCUT2D eigenvalue weighted by Gasteiger charge is 2.04. The van der Waals surface area contributed by atoms with Gasteiger partial charge in [-0.15, -0.1) is 0 Å². The summed E-state index contributed by atoms with van der Waals surface area (Å²) in [5.41, 5.74) is 0.375. The van der Waals surface area contributed by atoms with Crippen LogP contribution in [-0.4, -0.2) is 12.4 Å². The first-order valence-electron chi connectivity index (χ1n) is 6.37. The van der Waals surface area contributed by atoms with Gasteiger partial charge in [-0.3, -0.25) is 4.79 Å². The van der Waals surface area contributed by atoms with Crippen LogP contribution in [0.4, 0.5) is 8.78 Å². The lowest BCUT2D eigenvalue weighted by atomic mass is 10.1. The number of hydrogen-bond acceptors (Lipinski definition) is 3. The van der Waals surface area contributed by atoms with Gasteiger partial charge in [0.15, 0.2) is 12.4 Å². The zero-order valence-electron chi connectivity index (χ0n) is 11.4. The Labute approximate surface area is 126 Å². The first kappa shape index (κ1) is 15.4. The van der Waals surface area contributed by atoms with E-state index in [9.17, 15) is 13.6 Å². The summed E-state index contributed by atoms with van der Waals surface area (Å²) in [4.78, 5) is 11.9. The number of carbonyl (C=O) groups is 1. The van der Waals surface area contributed by atoms with Crippen molar-refractivity contribution in [1.82, 2.24) is 0 Å². The molecule has 2 rings (SSSR count). The molecule has 0 N–H and O–H groups in total. The molecule has 0 bridgehead atoms. The molecule has 0 amide bonds. The first-order valence-corrected chi connectivity index (χ1v) is 6.37. The Hall–Kier alpha value is -3.00. The Morgan fingerprint density at radius 1 is 1.18 bits per heavy atom. The van der Waals surface area contributed by atoms with Gasteiger partial charge >= 0.3 is 0 Å². The quantitative estimate of drug-likeness (QED) is 0.624. The minimum atomic E-state index is -0.606. The van der Waals surface area contributed by atoms with Crippen LogP contribution in [0.25, 0.3) is 6.08 Å². The molecule has 0 spiro atoms. The second-order valence-electron chi connectivity index (χ2n) is 4.33. The number of carbonyl (C=O) groups excluding carboxylic acids is 1. The molecule has 0 radical (unpaired) electrons. The lowest BCUT2D eigenvalue weighted by molar-refractivity contribution is 0.104. The molecule has 0 saturated carbocycles. The molecule has 110 valence electrons. The maximum absolute atomic E-state index is 13.4. The molecule has 22 heavy (non-hydrogen) atoms. The van der Waals surface area contributed by atoms with E-state index in [-0.39, 0.29) is 18.0 Å². The number of hydrogen-bond donors (Lipinski definition) is 0. The third kappa shape index (κ3) is 4.00. The van der Waals surface area contributed by atoms with Gasteiger partial charge in [0, 0.05) is 11.1 Å². The van der Waals surface area contributed by atoms with Gasteiger partial charge in [-0.1, -0.05) is 0 Å². The highest BCUT2D eigenvalue weighted by Crippen LogP contribution is 2.15. The maximum Gasteiger partial charge on any atom is 0.185 e. The number of allylic oxidation sites excluding steroid dienone is 1. The van der Waals surface area contributed by atoms with E-state index in [1.54, 1.807) is 12.1 Å². The summed E-state index contributed by atoms with van der Waals surface area (Å²) >= 11 is 0. The van der Waals surface area contributed by atoms with Gasteiger partial charge in [0.25, 0.3) is 0 Å². The van der Waals surface area contributed by atoms with Gasteiger partial charge in [-0.25, -0.2) is 8.78 Å². The van der Waals surface area contributed by atoms with Crippen molar-refractivity contribution >= 4 is 11.9 Å². The van der Waals surface area contributed by atoms with Gasteiger partial charge in [-0.2, -0.15) is 5.26 Å². The number of ether oxygens (including phenoxy) is 1. The number of benzene rings is 2. The smallest absolute Gasteiger partial charge is 0.185 e. The number of nitrogens with zero attached hydrogens (tertiary/aromatic N) is 1. The highest BCUT2D eigenvalue weighted by atomic mass is 19.1. The van der Waals surface area contributed by atoms with E-state index >= 15 is 0 Å². The summed E-state index contributed by atoms with van der Waals surface area (Å²) in [5, 5.41) is 8.39. The van der Waals surface area contributed by atoms with E-state index in [1.165, 1.54) is 24.3 Å². The average Bonchev–Trinajstić information content (AvgIpc) is 2.54. The predicted octanol–water partition coefficient (Wildman–Crippen LogP) is 3.76. The van der Waals surface area contributed by atoms with E-state index in [0.29, 0.717) is 11.3 Å². The molecule has 3 nitrogen and oxygen atoms in total. The van der Waals surface area contributed by atoms with Crippen LogP contribution in [0.15, 0.2) is 48.5 Å². The molecule has 0 aliphatic heterocycles. The van der Waals surface area contributed by atoms with Crippen LogP contribution >= 0.6 is 0 Å². The van der Waals surface area contributed by atoms with Crippen molar-refractivity contribution in [2.45, 2.75) is 0 Å². The van der Waals surface area contributed by atoms with E-state index in [2.05, 4.69) is 0 Å². The zero-order valence-corrected chi connectivity index (χ0v) is 11.4. The Balaban J connectivity index is 2.10. The van der Waals surface area contributed by atoms with E-state index in [4.69, 9.17) is 10.00 Å². The van der Waals surface area contributed by atoms with Crippen molar-refractivity contribution in [3.05, 3.63) is 71.3 Å². The average molecular weight is 299 g/mol. The van der Waals surface area contributed by atoms with Crippen molar-refractivity contribution in [3.63, 3.8) is 0 Å². The van der Waals surface area contributed by atoms with Crippen LogP contribution in [0.5, 0.6) is 5.75 Å². The van der Waals surface area contributed by atoms with Crippen LogP contribution in [0, 0.1) is 23.0 Å². The summed E-state index contributed by atoms with van der Waals surface area (Å²) in [6.07, 6.45) is 2.39. The van der Waals surface area contributed by atoms with Gasteiger partial charge in [0.2, 0.25) is 0 Å². The molecule has 0 heterocycles. The lowest BCUT2D eigenvalue weighted by Gasteiger charge is -2.02. The Morgan fingerprint density at radius 3 is 2.59 bits per heavy atom. The normalized spacial score (nSPS) is 10.4. The summed E-state index contributed by atoms with van der Waals surface area (Å²) in [6.45, 7) is -0.0773. The lowest BCUT2D eigenvalue weighted by Crippen LogP contribution is -1.96. The summed E-state index contributed by atoms with van der Waals surface area (Å²) in [5.74, 6) is -1.06. The minimum Gasteiger partial charge on any atom is -0.479 e. The number of ketones is 1. The maximum atomic E-state index is 13.4. The molecule has 0 saturated heterocycles. The third-order valence-corrected chi connectivity index (χ3v) is 2.81. The molecule has 0 atom stereocenters. The highest BCUT2D eigenvalue weighted by molar-refractivity contribution is 6.06. The number of halogens is 2. The molecule has 2 aromatic carbocycles. The molecule has 5 heteroatoms. The first-order chi connectivity index (χ1) is 10.6. The summed E-state index contributed by atoms with van der Waals surface area (Å²) < 4.78 is 31.5. The van der Waals surface area contributed by atoms with Gasteiger partial charge in [0.1, 0.15) is 23.5 Å². The molecule has 0 aliphatic carbocycles. The topological polar surface area (TPSA) is 50.1 Å². The predicted molar refractivity (Wildman–Crippen MR) is 77.3 cm³/mol. The summed E-state index contributed by atoms with van der Waals surface area (Å²) in [7, 11) is 0. The second-order valence-corrected chi connectivity index (χ2v) is 4.33. The van der Waals surface area contributed by atoms with Crippen LogP contribution in [0.2, 0.25) is 0 Å². The van der Waals surface area contributed by atoms with E-state index in [1.807, 2.05) is 6.07 Å².